The molecule has 0 spiro atoms. The lowest BCUT2D eigenvalue weighted by Gasteiger charge is -2.05. The monoisotopic (exact) mass is 388 g/mol. The van der Waals surface area contributed by atoms with Crippen LogP contribution in [0.25, 0.3) is 22.3 Å². The van der Waals surface area contributed by atoms with Crippen molar-refractivity contribution in [3.05, 3.63) is 120 Å². The van der Waals surface area contributed by atoms with Crippen molar-refractivity contribution in [1.29, 1.82) is 0 Å². The van der Waals surface area contributed by atoms with Gasteiger partial charge in [-0.3, -0.25) is 0 Å². The van der Waals surface area contributed by atoms with Crippen LogP contribution in [-0.2, 0) is 0 Å². The number of hydrogen-bond acceptors (Lipinski definition) is 2. The van der Waals surface area contributed by atoms with E-state index in [1.807, 2.05) is 26.0 Å². The summed E-state index contributed by atoms with van der Waals surface area (Å²) in [5, 5.41) is 8.92. The van der Waals surface area contributed by atoms with Crippen molar-refractivity contribution in [3.63, 3.8) is 0 Å². The molecular formula is C28H24N2. The summed E-state index contributed by atoms with van der Waals surface area (Å²) >= 11 is 0. The maximum atomic E-state index is 4.46. The van der Waals surface area contributed by atoms with Gasteiger partial charge in [0.15, 0.2) is 0 Å². The third kappa shape index (κ3) is 4.61. The largest absolute Gasteiger partial charge is 0.155 e. The minimum absolute atomic E-state index is 0.898. The highest BCUT2D eigenvalue weighted by atomic mass is 15.2. The summed E-state index contributed by atoms with van der Waals surface area (Å²) in [7, 11) is 0. The maximum absolute atomic E-state index is 4.46. The lowest BCUT2D eigenvalue weighted by Crippen LogP contribution is -1.97. The molecule has 0 saturated carbocycles. The Morgan fingerprint density at radius 3 is 1.03 bits per heavy atom. The molecule has 30 heavy (non-hydrogen) atoms. The Labute approximate surface area is 178 Å². The Morgan fingerprint density at radius 2 is 0.700 bits per heavy atom. The second kappa shape index (κ2) is 9.15. The van der Waals surface area contributed by atoms with Crippen LogP contribution in [0.1, 0.15) is 25.0 Å². The SMILES string of the molecule is C/C(=N\N=C(/C)c1ccc(-c2ccccc2)cc1)c1ccc(-c2ccccc2)cc1. The molecule has 146 valence electrons. The molecule has 4 rings (SSSR count). The molecule has 0 unspecified atom stereocenters. The van der Waals surface area contributed by atoms with Crippen LogP contribution in [0.2, 0.25) is 0 Å². The van der Waals surface area contributed by atoms with Crippen molar-refractivity contribution in [1.82, 2.24) is 0 Å². The molecule has 0 aliphatic rings. The Balaban J connectivity index is 1.49. The van der Waals surface area contributed by atoms with E-state index in [1.54, 1.807) is 0 Å². The lowest BCUT2D eigenvalue weighted by atomic mass is 10.0. The predicted octanol–water partition coefficient (Wildman–Crippen LogP) is 7.25. The predicted molar refractivity (Wildman–Crippen MR) is 128 cm³/mol. The minimum atomic E-state index is 0.898. The Hall–Kier alpha value is -3.78. The summed E-state index contributed by atoms with van der Waals surface area (Å²) in [4.78, 5) is 0. The van der Waals surface area contributed by atoms with E-state index >= 15 is 0 Å². The molecular weight excluding hydrogens is 364 g/mol. The topological polar surface area (TPSA) is 24.7 Å². The average molecular weight is 389 g/mol. The molecule has 0 amide bonds. The Kier molecular flexibility index (Phi) is 5.95. The zero-order valence-electron chi connectivity index (χ0n) is 17.3. The third-order valence-electron chi connectivity index (χ3n) is 5.17. The average Bonchev–Trinajstić information content (AvgIpc) is 2.83. The van der Waals surface area contributed by atoms with Gasteiger partial charge in [-0.05, 0) is 47.2 Å². The number of hydrogen-bond donors (Lipinski definition) is 0. The van der Waals surface area contributed by atoms with E-state index in [2.05, 4.69) is 107 Å². The van der Waals surface area contributed by atoms with Gasteiger partial charge >= 0.3 is 0 Å². The fourth-order valence-electron chi connectivity index (χ4n) is 3.33. The summed E-state index contributed by atoms with van der Waals surface area (Å²) in [5.41, 5.74) is 8.77. The van der Waals surface area contributed by atoms with Crippen molar-refractivity contribution in [2.75, 3.05) is 0 Å². The lowest BCUT2D eigenvalue weighted by molar-refractivity contribution is 1.22. The van der Waals surface area contributed by atoms with Gasteiger partial charge in [0.25, 0.3) is 0 Å². The molecule has 0 N–H and O–H groups in total. The van der Waals surface area contributed by atoms with Crippen LogP contribution in [-0.4, -0.2) is 11.4 Å². The quantitative estimate of drug-likeness (QED) is 0.254. The third-order valence-corrected chi connectivity index (χ3v) is 5.17. The first-order chi connectivity index (χ1) is 14.7. The first kappa shape index (κ1) is 19.5. The molecule has 0 fully saturated rings. The van der Waals surface area contributed by atoms with E-state index in [-0.39, 0.29) is 0 Å². The molecule has 0 aliphatic carbocycles. The standard InChI is InChI=1S/C28H24N2/c1-21(23-13-17-27(18-14-23)25-9-5-3-6-10-25)29-30-22(2)24-15-19-28(20-16-24)26-11-7-4-8-12-26/h3-20H,1-2H3/b29-21+,30-22+. The van der Waals surface area contributed by atoms with Crippen LogP contribution < -0.4 is 0 Å². The van der Waals surface area contributed by atoms with Crippen LogP contribution in [0.3, 0.4) is 0 Å². The Bertz CT molecular complexity index is 1060. The van der Waals surface area contributed by atoms with Gasteiger partial charge in [0, 0.05) is 0 Å². The van der Waals surface area contributed by atoms with Gasteiger partial charge in [0.2, 0.25) is 0 Å². The van der Waals surface area contributed by atoms with E-state index in [0.29, 0.717) is 0 Å². The fourth-order valence-corrected chi connectivity index (χ4v) is 3.33. The van der Waals surface area contributed by atoms with Crippen molar-refractivity contribution < 1.29 is 0 Å². The Morgan fingerprint density at radius 1 is 0.400 bits per heavy atom. The van der Waals surface area contributed by atoms with Crippen LogP contribution in [0, 0.1) is 0 Å². The first-order valence-electron chi connectivity index (χ1n) is 10.1. The summed E-state index contributed by atoms with van der Waals surface area (Å²) in [6, 6.07) is 37.7. The van der Waals surface area contributed by atoms with E-state index < -0.39 is 0 Å². The van der Waals surface area contributed by atoms with Crippen LogP contribution in [0.15, 0.2) is 119 Å². The van der Waals surface area contributed by atoms with E-state index in [0.717, 1.165) is 22.6 Å². The summed E-state index contributed by atoms with van der Waals surface area (Å²) in [5.74, 6) is 0. The summed E-state index contributed by atoms with van der Waals surface area (Å²) in [6.45, 7) is 3.99. The van der Waals surface area contributed by atoms with Crippen molar-refractivity contribution in [2.45, 2.75) is 13.8 Å². The second-order valence-electron chi connectivity index (χ2n) is 7.26. The normalized spacial score (nSPS) is 12.1. The molecule has 2 heteroatoms. The summed E-state index contributed by atoms with van der Waals surface area (Å²) < 4.78 is 0. The molecule has 4 aromatic rings. The van der Waals surface area contributed by atoms with Gasteiger partial charge in [-0.15, -0.1) is 0 Å². The molecule has 0 saturated heterocycles. The van der Waals surface area contributed by atoms with Gasteiger partial charge in [0.05, 0.1) is 11.4 Å². The van der Waals surface area contributed by atoms with Gasteiger partial charge in [-0.25, -0.2) is 0 Å². The molecule has 0 heterocycles. The zero-order valence-corrected chi connectivity index (χ0v) is 17.3. The fraction of sp³-hybridized carbons (Fsp3) is 0.0714. The molecule has 0 aromatic heterocycles. The number of nitrogens with zero attached hydrogens (tertiary/aromatic N) is 2. The highest BCUT2D eigenvalue weighted by Crippen LogP contribution is 2.21. The van der Waals surface area contributed by atoms with E-state index in [1.165, 1.54) is 22.3 Å². The van der Waals surface area contributed by atoms with Gasteiger partial charge < -0.3 is 0 Å². The molecule has 0 aliphatic heterocycles. The van der Waals surface area contributed by atoms with Crippen molar-refractivity contribution in [3.8, 4) is 22.3 Å². The van der Waals surface area contributed by atoms with E-state index in [9.17, 15) is 0 Å². The number of rotatable bonds is 5. The van der Waals surface area contributed by atoms with Gasteiger partial charge in [-0.1, -0.05) is 109 Å². The molecule has 0 radical (unpaired) electrons. The smallest absolute Gasteiger partial charge is 0.0671 e. The maximum Gasteiger partial charge on any atom is 0.0671 e. The second-order valence-corrected chi connectivity index (χ2v) is 7.26. The first-order valence-corrected chi connectivity index (χ1v) is 10.1. The van der Waals surface area contributed by atoms with Crippen molar-refractivity contribution in [2.24, 2.45) is 10.2 Å². The molecule has 0 bridgehead atoms. The minimum Gasteiger partial charge on any atom is -0.155 e. The van der Waals surface area contributed by atoms with Crippen LogP contribution in [0.5, 0.6) is 0 Å². The van der Waals surface area contributed by atoms with Crippen LogP contribution >= 0.6 is 0 Å². The highest BCUT2D eigenvalue weighted by Gasteiger charge is 2.02. The highest BCUT2D eigenvalue weighted by molar-refractivity contribution is 6.02. The summed E-state index contributed by atoms with van der Waals surface area (Å²) in [6.07, 6.45) is 0. The molecule has 4 aromatic carbocycles. The van der Waals surface area contributed by atoms with Gasteiger partial charge in [-0.2, -0.15) is 10.2 Å². The van der Waals surface area contributed by atoms with Crippen molar-refractivity contribution >= 4 is 11.4 Å². The van der Waals surface area contributed by atoms with E-state index in [4.69, 9.17) is 0 Å². The van der Waals surface area contributed by atoms with Crippen LogP contribution in [0.4, 0.5) is 0 Å². The molecule has 2 nitrogen and oxygen atoms in total. The van der Waals surface area contributed by atoms with Gasteiger partial charge in [0.1, 0.15) is 0 Å². The zero-order chi connectivity index (χ0) is 20.8. The number of benzene rings is 4. The molecule has 0 atom stereocenters.